The molecule has 19 heavy (non-hydrogen) atoms. The first-order valence-electron chi connectivity index (χ1n) is 6.07. The van der Waals surface area contributed by atoms with E-state index in [1.165, 1.54) is 6.08 Å². The molecular formula is C13H18N4O2. The van der Waals surface area contributed by atoms with E-state index in [0.717, 1.165) is 5.56 Å². The van der Waals surface area contributed by atoms with Crippen LogP contribution in [0, 0.1) is 5.41 Å². The zero-order valence-corrected chi connectivity index (χ0v) is 11.2. The van der Waals surface area contributed by atoms with Gasteiger partial charge in [-0.25, -0.2) is 9.97 Å². The molecule has 1 amide bonds. The molecule has 0 unspecified atom stereocenters. The predicted molar refractivity (Wildman–Crippen MR) is 72.0 cm³/mol. The zero-order valence-electron chi connectivity index (χ0n) is 11.2. The Hall–Kier alpha value is -1.95. The number of nitrogens with zero attached hydrogens (tertiary/aromatic N) is 3. The molecule has 102 valence electrons. The van der Waals surface area contributed by atoms with Gasteiger partial charge in [0.05, 0.1) is 13.2 Å². The highest BCUT2D eigenvalue weighted by molar-refractivity contribution is 5.91. The van der Waals surface area contributed by atoms with Crippen molar-refractivity contribution in [2.24, 2.45) is 5.41 Å². The molecule has 1 aromatic rings. The summed E-state index contributed by atoms with van der Waals surface area (Å²) in [5.74, 6) is 0.170. The number of anilines is 1. The van der Waals surface area contributed by atoms with Gasteiger partial charge in [0.2, 0.25) is 11.9 Å². The Bertz CT molecular complexity index is 480. The Labute approximate surface area is 112 Å². The van der Waals surface area contributed by atoms with Crippen LogP contribution in [0.4, 0.5) is 5.95 Å². The fourth-order valence-corrected chi connectivity index (χ4v) is 1.92. The maximum Gasteiger partial charge on any atom is 0.246 e. The summed E-state index contributed by atoms with van der Waals surface area (Å²) in [5.41, 5.74) is 6.22. The van der Waals surface area contributed by atoms with Crippen molar-refractivity contribution in [2.75, 3.05) is 32.5 Å². The minimum absolute atomic E-state index is 0.0510. The van der Waals surface area contributed by atoms with Crippen molar-refractivity contribution in [1.82, 2.24) is 14.9 Å². The minimum Gasteiger partial charge on any atom is -0.380 e. The van der Waals surface area contributed by atoms with Gasteiger partial charge in [-0.2, -0.15) is 0 Å². The third kappa shape index (κ3) is 3.51. The number of amides is 1. The first kappa shape index (κ1) is 13.5. The quantitative estimate of drug-likeness (QED) is 0.802. The van der Waals surface area contributed by atoms with Gasteiger partial charge in [0.1, 0.15) is 0 Å². The number of hydrogen-bond donors (Lipinski definition) is 1. The number of aromatic nitrogens is 2. The first-order chi connectivity index (χ1) is 8.98. The van der Waals surface area contributed by atoms with Crippen molar-refractivity contribution >= 4 is 17.9 Å². The Morgan fingerprint density at radius 1 is 1.53 bits per heavy atom. The third-order valence-corrected chi connectivity index (χ3v) is 3.01. The van der Waals surface area contributed by atoms with Gasteiger partial charge < -0.3 is 15.4 Å². The van der Waals surface area contributed by atoms with Gasteiger partial charge in [0.25, 0.3) is 0 Å². The second-order valence-corrected chi connectivity index (χ2v) is 5.21. The van der Waals surface area contributed by atoms with Crippen LogP contribution in [0.25, 0.3) is 6.08 Å². The number of carbonyl (C=O) groups is 1. The molecule has 1 saturated heterocycles. The Morgan fingerprint density at radius 3 is 2.68 bits per heavy atom. The van der Waals surface area contributed by atoms with Crippen molar-refractivity contribution in [3.63, 3.8) is 0 Å². The van der Waals surface area contributed by atoms with Crippen LogP contribution < -0.4 is 5.73 Å². The molecular weight excluding hydrogens is 244 g/mol. The predicted octanol–water partition coefficient (Wildman–Crippen LogP) is 0.567. The number of nitrogen functional groups attached to an aromatic ring is 1. The fourth-order valence-electron chi connectivity index (χ4n) is 1.92. The van der Waals surface area contributed by atoms with Crippen LogP contribution in [0.5, 0.6) is 0 Å². The van der Waals surface area contributed by atoms with E-state index < -0.39 is 0 Å². The molecule has 0 saturated carbocycles. The maximum absolute atomic E-state index is 11.9. The molecule has 6 heteroatoms. The Kier molecular flexibility index (Phi) is 3.80. The van der Waals surface area contributed by atoms with E-state index in [0.29, 0.717) is 19.8 Å². The molecule has 2 heterocycles. The number of nitrogens with two attached hydrogens (primary N) is 1. The van der Waals surface area contributed by atoms with Crippen LogP contribution in [0.15, 0.2) is 18.5 Å². The highest BCUT2D eigenvalue weighted by Crippen LogP contribution is 2.27. The van der Waals surface area contributed by atoms with Crippen LogP contribution in [-0.4, -0.2) is 47.6 Å². The molecule has 1 fully saturated rings. The standard InChI is InChI=1S/C13H18N4O2/c1-13(8-19-9-13)7-17(2)11(18)4-3-10-5-15-12(14)16-6-10/h3-6H,7-9H2,1-2H3,(H2,14,15,16)/b4-3+. The summed E-state index contributed by atoms with van der Waals surface area (Å²) in [5, 5.41) is 0. The summed E-state index contributed by atoms with van der Waals surface area (Å²) in [7, 11) is 1.79. The summed E-state index contributed by atoms with van der Waals surface area (Å²) < 4.78 is 5.17. The third-order valence-electron chi connectivity index (χ3n) is 3.01. The van der Waals surface area contributed by atoms with Crippen LogP contribution in [0.1, 0.15) is 12.5 Å². The molecule has 2 rings (SSSR count). The van der Waals surface area contributed by atoms with Gasteiger partial charge in [-0.1, -0.05) is 6.92 Å². The van der Waals surface area contributed by atoms with Gasteiger partial charge in [-0.15, -0.1) is 0 Å². The van der Waals surface area contributed by atoms with E-state index in [-0.39, 0.29) is 17.3 Å². The molecule has 2 N–H and O–H groups in total. The van der Waals surface area contributed by atoms with Crippen molar-refractivity contribution in [3.05, 3.63) is 24.0 Å². The smallest absolute Gasteiger partial charge is 0.246 e. The topological polar surface area (TPSA) is 81.3 Å². The highest BCUT2D eigenvalue weighted by Gasteiger charge is 2.35. The summed E-state index contributed by atoms with van der Waals surface area (Å²) in [4.78, 5) is 21.3. The number of hydrogen-bond acceptors (Lipinski definition) is 5. The normalized spacial score (nSPS) is 17.2. The summed E-state index contributed by atoms with van der Waals surface area (Å²) in [6.45, 7) is 4.21. The van der Waals surface area contributed by atoms with Crippen molar-refractivity contribution in [3.8, 4) is 0 Å². The molecule has 0 atom stereocenters. The molecule has 6 nitrogen and oxygen atoms in total. The molecule has 1 aliphatic rings. The van der Waals surface area contributed by atoms with Crippen molar-refractivity contribution in [1.29, 1.82) is 0 Å². The lowest BCUT2D eigenvalue weighted by atomic mass is 9.88. The molecule has 0 radical (unpaired) electrons. The molecule has 0 bridgehead atoms. The Morgan fingerprint density at radius 2 is 2.16 bits per heavy atom. The fraction of sp³-hybridized carbons (Fsp3) is 0.462. The summed E-state index contributed by atoms with van der Waals surface area (Å²) >= 11 is 0. The van der Waals surface area contributed by atoms with E-state index in [1.807, 2.05) is 0 Å². The van der Waals surface area contributed by atoms with E-state index in [9.17, 15) is 4.79 Å². The molecule has 0 aliphatic carbocycles. The lowest BCUT2D eigenvalue weighted by molar-refractivity contribution is -0.137. The second-order valence-electron chi connectivity index (χ2n) is 5.21. The largest absolute Gasteiger partial charge is 0.380 e. The number of ether oxygens (including phenoxy) is 1. The SMILES string of the molecule is CN(CC1(C)COC1)C(=O)/C=C/c1cnc(N)nc1. The molecule has 0 aromatic carbocycles. The number of likely N-dealkylation sites (N-methyl/N-ethyl adjacent to an activating group) is 1. The van der Waals surface area contributed by atoms with E-state index in [1.54, 1.807) is 30.4 Å². The van der Waals surface area contributed by atoms with Gasteiger partial charge >= 0.3 is 0 Å². The number of carbonyl (C=O) groups excluding carboxylic acids is 1. The van der Waals surface area contributed by atoms with E-state index in [2.05, 4.69) is 16.9 Å². The number of rotatable bonds is 4. The highest BCUT2D eigenvalue weighted by atomic mass is 16.5. The summed E-state index contributed by atoms with van der Waals surface area (Å²) in [6, 6.07) is 0. The lowest BCUT2D eigenvalue weighted by Crippen LogP contribution is -2.48. The van der Waals surface area contributed by atoms with Crippen LogP contribution in [0.2, 0.25) is 0 Å². The maximum atomic E-state index is 11.9. The van der Waals surface area contributed by atoms with E-state index in [4.69, 9.17) is 10.5 Å². The monoisotopic (exact) mass is 262 g/mol. The van der Waals surface area contributed by atoms with Crippen LogP contribution in [0.3, 0.4) is 0 Å². The van der Waals surface area contributed by atoms with Crippen LogP contribution >= 0.6 is 0 Å². The van der Waals surface area contributed by atoms with Crippen molar-refractivity contribution in [2.45, 2.75) is 6.92 Å². The molecule has 1 aromatic heterocycles. The minimum atomic E-state index is -0.0510. The van der Waals surface area contributed by atoms with Crippen molar-refractivity contribution < 1.29 is 9.53 Å². The molecule has 0 spiro atoms. The summed E-state index contributed by atoms with van der Waals surface area (Å²) in [6.07, 6.45) is 6.34. The lowest BCUT2D eigenvalue weighted by Gasteiger charge is -2.40. The average molecular weight is 262 g/mol. The Balaban J connectivity index is 1.90. The van der Waals surface area contributed by atoms with Gasteiger partial charge in [0.15, 0.2) is 0 Å². The van der Waals surface area contributed by atoms with Crippen LogP contribution in [-0.2, 0) is 9.53 Å². The average Bonchev–Trinajstić information content (AvgIpc) is 2.35. The van der Waals surface area contributed by atoms with Gasteiger partial charge in [-0.3, -0.25) is 4.79 Å². The van der Waals surface area contributed by atoms with Gasteiger partial charge in [-0.05, 0) is 6.08 Å². The first-order valence-corrected chi connectivity index (χ1v) is 6.07. The second kappa shape index (κ2) is 5.36. The van der Waals surface area contributed by atoms with E-state index >= 15 is 0 Å². The van der Waals surface area contributed by atoms with Gasteiger partial charge in [0, 0.05) is 43.0 Å². The zero-order chi connectivity index (χ0) is 13.9. The molecule has 1 aliphatic heterocycles.